The number of rotatable bonds is 12. The molecule has 2 aliphatic heterocycles. The first-order valence-electron chi connectivity index (χ1n) is 17.1. The van der Waals surface area contributed by atoms with Crippen molar-refractivity contribution < 1.29 is 14.3 Å². The summed E-state index contributed by atoms with van der Waals surface area (Å²) >= 11 is 14.2. The first kappa shape index (κ1) is 34.7. The standard InChI is InChI=1S/C38H38Cl2N8O3/c1-50-37-29(12-3-7-24-13-14-33(49)45-24)43-19-30(46-37)27-10-4-8-25(34(27)39)26-9-5-11-28(35(26)40)31-20-44-32(38(47-31)51-2)22-48-18-15-23(21-48)36-41-16-6-17-42-36/h4-6,8-11,16-17,19-20,23-24H,3,7,12-15,18,21-22H2,1-2H3,(H,45,49)/t23?,24-/m1/s1. The minimum atomic E-state index is 0.124. The maximum Gasteiger partial charge on any atom is 0.237 e. The molecule has 7 rings (SSSR count). The molecule has 0 aliphatic carbocycles. The number of benzene rings is 2. The Morgan fingerprint density at radius 2 is 1.41 bits per heavy atom. The number of likely N-dealkylation sites (tertiary alicyclic amines) is 1. The number of nitrogens with one attached hydrogen (secondary N) is 1. The fraction of sp³-hybridized carbons (Fsp3) is 0.342. The van der Waals surface area contributed by atoms with Gasteiger partial charge in [0.2, 0.25) is 17.7 Å². The lowest BCUT2D eigenvalue weighted by molar-refractivity contribution is -0.119. The van der Waals surface area contributed by atoms with E-state index in [2.05, 4.69) is 20.2 Å². The molecule has 11 nitrogen and oxygen atoms in total. The van der Waals surface area contributed by atoms with E-state index in [0.717, 1.165) is 67.1 Å². The van der Waals surface area contributed by atoms with E-state index in [1.807, 2.05) is 42.5 Å². The Morgan fingerprint density at radius 3 is 2.02 bits per heavy atom. The molecule has 3 aromatic heterocycles. The Balaban J connectivity index is 1.09. The second-order valence-corrected chi connectivity index (χ2v) is 13.5. The maximum absolute atomic E-state index is 11.5. The van der Waals surface area contributed by atoms with Crippen LogP contribution in [0.25, 0.3) is 33.6 Å². The summed E-state index contributed by atoms with van der Waals surface area (Å²) in [4.78, 5) is 41.8. The van der Waals surface area contributed by atoms with Gasteiger partial charge in [-0.2, -0.15) is 0 Å². The number of methoxy groups -OCH3 is 2. The molecule has 2 fully saturated rings. The average molecular weight is 726 g/mol. The highest BCUT2D eigenvalue weighted by Gasteiger charge is 2.27. The monoisotopic (exact) mass is 724 g/mol. The summed E-state index contributed by atoms with van der Waals surface area (Å²) < 4.78 is 11.4. The van der Waals surface area contributed by atoms with E-state index >= 15 is 0 Å². The van der Waals surface area contributed by atoms with Gasteiger partial charge < -0.3 is 14.8 Å². The van der Waals surface area contributed by atoms with E-state index in [1.165, 1.54) is 0 Å². The molecule has 2 atom stereocenters. The Bertz CT molecular complexity index is 2030. The molecule has 5 heterocycles. The maximum atomic E-state index is 11.5. The third-order valence-corrected chi connectivity index (χ3v) is 10.3. The van der Waals surface area contributed by atoms with E-state index in [1.54, 1.807) is 39.0 Å². The fourth-order valence-electron chi connectivity index (χ4n) is 6.87. The first-order chi connectivity index (χ1) is 24.9. The minimum Gasteiger partial charge on any atom is -0.480 e. The molecule has 1 amide bonds. The molecule has 13 heteroatoms. The third kappa shape index (κ3) is 7.66. The molecule has 2 aliphatic rings. The Morgan fingerprint density at radius 1 is 0.804 bits per heavy atom. The van der Waals surface area contributed by atoms with E-state index < -0.39 is 0 Å². The molecule has 0 bridgehead atoms. The molecule has 51 heavy (non-hydrogen) atoms. The van der Waals surface area contributed by atoms with Crippen LogP contribution in [0.1, 0.15) is 55.2 Å². The zero-order valence-electron chi connectivity index (χ0n) is 28.5. The van der Waals surface area contributed by atoms with Crippen LogP contribution in [0.3, 0.4) is 0 Å². The number of amides is 1. The number of aromatic nitrogens is 6. The van der Waals surface area contributed by atoms with Crippen molar-refractivity contribution in [3.05, 3.63) is 94.5 Å². The zero-order valence-corrected chi connectivity index (χ0v) is 30.0. The van der Waals surface area contributed by atoms with Gasteiger partial charge in [0.05, 0.1) is 48.0 Å². The molecule has 1 N–H and O–H groups in total. The van der Waals surface area contributed by atoms with Gasteiger partial charge in [0, 0.05) is 66.1 Å². The number of ether oxygens (including phenoxy) is 2. The van der Waals surface area contributed by atoms with Crippen LogP contribution in [0.5, 0.6) is 11.8 Å². The van der Waals surface area contributed by atoms with Gasteiger partial charge in [-0.25, -0.2) is 19.9 Å². The highest BCUT2D eigenvalue weighted by Crippen LogP contribution is 2.42. The van der Waals surface area contributed by atoms with E-state index in [9.17, 15) is 4.79 Å². The highest BCUT2D eigenvalue weighted by atomic mass is 35.5. The number of hydrogen-bond donors (Lipinski definition) is 1. The molecule has 0 radical (unpaired) electrons. The lowest BCUT2D eigenvalue weighted by atomic mass is 9.98. The van der Waals surface area contributed by atoms with Gasteiger partial charge in [0.15, 0.2) is 0 Å². The first-order valence-corrected chi connectivity index (χ1v) is 17.8. The van der Waals surface area contributed by atoms with Crippen molar-refractivity contribution in [1.82, 2.24) is 40.1 Å². The van der Waals surface area contributed by atoms with Crippen LogP contribution in [-0.2, 0) is 17.8 Å². The number of aryl methyl sites for hydroxylation is 1. The van der Waals surface area contributed by atoms with E-state index in [0.29, 0.717) is 63.7 Å². The molecule has 2 saturated heterocycles. The number of carbonyl (C=O) groups excluding carboxylic acids is 1. The number of hydrogen-bond acceptors (Lipinski definition) is 10. The molecule has 262 valence electrons. The average Bonchev–Trinajstić information content (AvgIpc) is 3.81. The smallest absolute Gasteiger partial charge is 0.237 e. The summed E-state index contributed by atoms with van der Waals surface area (Å²) in [6.45, 7) is 2.36. The molecule has 5 aromatic rings. The SMILES string of the molecule is COc1nc(-c2cccc(-c3cccc(-c4cnc(CN5CCC(c6ncccn6)C5)c(OC)n4)c3Cl)c2Cl)cnc1CCC[C@@H]1CCC(=O)N1. The van der Waals surface area contributed by atoms with Gasteiger partial charge in [0.25, 0.3) is 0 Å². The van der Waals surface area contributed by atoms with Crippen molar-refractivity contribution in [3.8, 4) is 45.4 Å². The largest absolute Gasteiger partial charge is 0.480 e. The summed E-state index contributed by atoms with van der Waals surface area (Å²) in [6, 6.07) is 13.6. The van der Waals surface area contributed by atoms with E-state index in [4.69, 9.17) is 52.6 Å². The quantitative estimate of drug-likeness (QED) is 0.144. The molecule has 1 unspecified atom stereocenters. The van der Waals surface area contributed by atoms with Crippen LogP contribution in [0, 0.1) is 0 Å². The summed E-state index contributed by atoms with van der Waals surface area (Å²) in [6.07, 6.45) is 11.9. The lowest BCUT2D eigenvalue weighted by Crippen LogP contribution is -2.25. The van der Waals surface area contributed by atoms with Gasteiger partial charge in [0.1, 0.15) is 17.2 Å². The third-order valence-electron chi connectivity index (χ3n) is 9.50. The number of halogens is 2. The fourth-order valence-corrected chi connectivity index (χ4v) is 7.52. The zero-order chi connectivity index (χ0) is 35.3. The summed E-state index contributed by atoms with van der Waals surface area (Å²) in [7, 11) is 3.19. The van der Waals surface area contributed by atoms with Crippen LogP contribution in [-0.4, -0.2) is 74.1 Å². The van der Waals surface area contributed by atoms with Gasteiger partial charge >= 0.3 is 0 Å². The molecule has 0 spiro atoms. The molecular weight excluding hydrogens is 687 g/mol. The van der Waals surface area contributed by atoms with Gasteiger partial charge in [-0.05, 0) is 44.7 Å². The van der Waals surface area contributed by atoms with Gasteiger partial charge in [-0.3, -0.25) is 19.7 Å². The van der Waals surface area contributed by atoms with Crippen LogP contribution in [0.4, 0.5) is 0 Å². The summed E-state index contributed by atoms with van der Waals surface area (Å²) in [5.74, 6) is 2.19. The van der Waals surface area contributed by atoms with Crippen molar-refractivity contribution in [2.75, 3.05) is 27.3 Å². The van der Waals surface area contributed by atoms with Crippen molar-refractivity contribution in [2.45, 2.75) is 57.0 Å². The van der Waals surface area contributed by atoms with E-state index in [-0.39, 0.29) is 17.9 Å². The normalized spacial score (nSPS) is 17.5. The molecule has 0 saturated carbocycles. The number of nitrogens with zero attached hydrogens (tertiary/aromatic N) is 7. The van der Waals surface area contributed by atoms with Crippen molar-refractivity contribution >= 4 is 29.1 Å². The minimum absolute atomic E-state index is 0.124. The Kier molecular flexibility index (Phi) is 10.7. The van der Waals surface area contributed by atoms with Crippen LogP contribution in [0.2, 0.25) is 10.0 Å². The van der Waals surface area contributed by atoms with Crippen molar-refractivity contribution in [2.24, 2.45) is 0 Å². The Hall–Kier alpha value is -4.71. The summed E-state index contributed by atoms with van der Waals surface area (Å²) in [5.41, 5.74) is 5.60. The lowest BCUT2D eigenvalue weighted by Gasteiger charge is -2.17. The second-order valence-electron chi connectivity index (χ2n) is 12.8. The molecule has 2 aromatic carbocycles. The van der Waals surface area contributed by atoms with Gasteiger partial charge in [-0.15, -0.1) is 0 Å². The second kappa shape index (κ2) is 15.7. The van der Waals surface area contributed by atoms with Crippen LogP contribution < -0.4 is 14.8 Å². The highest BCUT2D eigenvalue weighted by molar-refractivity contribution is 6.39. The molecular formula is C38H38Cl2N8O3. The summed E-state index contributed by atoms with van der Waals surface area (Å²) in [5, 5.41) is 4.00. The predicted octanol–water partition coefficient (Wildman–Crippen LogP) is 6.97. The Labute approximate surface area is 306 Å². The van der Waals surface area contributed by atoms with Crippen LogP contribution in [0.15, 0.2) is 67.3 Å². The number of carbonyl (C=O) groups is 1. The van der Waals surface area contributed by atoms with Crippen LogP contribution >= 0.6 is 23.2 Å². The predicted molar refractivity (Wildman–Crippen MR) is 196 cm³/mol. The van der Waals surface area contributed by atoms with Crippen molar-refractivity contribution in [1.29, 1.82) is 0 Å². The van der Waals surface area contributed by atoms with Crippen molar-refractivity contribution in [3.63, 3.8) is 0 Å². The topological polar surface area (TPSA) is 128 Å². The van der Waals surface area contributed by atoms with Gasteiger partial charge in [-0.1, -0.05) is 59.6 Å².